The predicted octanol–water partition coefficient (Wildman–Crippen LogP) is 4.12. The Labute approximate surface area is 246 Å². The maximum atomic E-state index is 13.3. The van der Waals surface area contributed by atoms with Gasteiger partial charge in [-0.15, -0.1) is 0 Å². The smallest absolute Gasteiger partial charge is 0.367 e. The molecule has 5 atom stereocenters. The average Bonchev–Trinajstić information content (AvgIpc) is 3.58. The maximum absolute atomic E-state index is 13.3. The molecule has 0 radical (unpaired) electrons. The van der Waals surface area contributed by atoms with Crippen LogP contribution >= 0.6 is 0 Å². The Morgan fingerprint density at radius 1 is 0.762 bits per heavy atom. The Morgan fingerprint density at radius 3 is 1.83 bits per heavy atom. The van der Waals surface area contributed by atoms with E-state index >= 15 is 0 Å². The Bertz CT molecular complexity index is 1440. The number of nitrogens with zero attached hydrogens (tertiary/aromatic N) is 2. The Hall–Kier alpha value is -3.42. The highest BCUT2D eigenvalue weighted by molar-refractivity contribution is 7.85. The minimum Gasteiger partial charge on any atom is -0.374 e. The second-order valence-corrected chi connectivity index (χ2v) is 11.2. The fourth-order valence-electron chi connectivity index (χ4n) is 4.65. The molecule has 42 heavy (non-hydrogen) atoms. The van der Waals surface area contributed by atoms with Gasteiger partial charge in [0, 0.05) is 19.5 Å². The van der Waals surface area contributed by atoms with Crippen molar-refractivity contribution >= 4 is 10.3 Å². The van der Waals surface area contributed by atoms with Crippen molar-refractivity contribution in [2.45, 2.75) is 50.5 Å². The van der Waals surface area contributed by atoms with Gasteiger partial charge in [0.15, 0.2) is 6.29 Å². The van der Waals surface area contributed by atoms with Gasteiger partial charge in [-0.05, 0) is 16.7 Å². The Kier molecular flexibility index (Phi) is 10.5. The summed E-state index contributed by atoms with van der Waals surface area (Å²) in [5.74, 6) is 0. The number of hydrogen-bond donors (Lipinski definition) is 0. The zero-order valence-electron chi connectivity index (χ0n) is 23.2. The summed E-state index contributed by atoms with van der Waals surface area (Å²) < 4.78 is 64.1. The third kappa shape index (κ3) is 7.90. The lowest BCUT2D eigenvalue weighted by molar-refractivity contribution is -0.311. The lowest BCUT2D eigenvalue weighted by Crippen LogP contribution is -2.62. The second-order valence-electron chi connectivity index (χ2n) is 9.71. The average molecular weight is 595 g/mol. The van der Waals surface area contributed by atoms with Gasteiger partial charge in [0.05, 0.1) is 26.4 Å². The molecular weight excluding hydrogens is 560 g/mol. The molecule has 5 rings (SSSR count). The largest absolute Gasteiger partial charge is 0.374 e. The third-order valence-electron chi connectivity index (χ3n) is 6.76. The SMILES string of the molecule is CO[C@H]1O[C@H](COCc2ccccc2)[C@H](OS(=O)(=O)n2ccnc2)[C@H](OCc2ccccc2)[C@@H]1OCc1ccccc1. The topological polar surface area (TPSA) is 107 Å². The molecule has 222 valence electrons. The van der Waals surface area contributed by atoms with E-state index in [2.05, 4.69) is 4.98 Å². The summed E-state index contributed by atoms with van der Waals surface area (Å²) >= 11 is 0. The fraction of sp³-hybridized carbons (Fsp3) is 0.323. The van der Waals surface area contributed by atoms with Gasteiger partial charge in [-0.25, -0.2) is 13.1 Å². The molecule has 0 amide bonds. The molecule has 11 heteroatoms. The van der Waals surface area contributed by atoms with Gasteiger partial charge in [0.1, 0.15) is 30.7 Å². The number of benzene rings is 3. The zero-order valence-corrected chi connectivity index (χ0v) is 24.0. The van der Waals surface area contributed by atoms with Crippen molar-refractivity contribution in [3.8, 4) is 0 Å². The van der Waals surface area contributed by atoms with Gasteiger partial charge < -0.3 is 23.7 Å². The first-order valence-electron chi connectivity index (χ1n) is 13.6. The van der Waals surface area contributed by atoms with Crippen LogP contribution in [0.25, 0.3) is 0 Å². The van der Waals surface area contributed by atoms with Gasteiger partial charge in [0.2, 0.25) is 0 Å². The minimum absolute atomic E-state index is 0.00940. The van der Waals surface area contributed by atoms with E-state index in [9.17, 15) is 8.42 Å². The van der Waals surface area contributed by atoms with Crippen molar-refractivity contribution < 1.29 is 36.3 Å². The van der Waals surface area contributed by atoms with Crippen molar-refractivity contribution in [3.63, 3.8) is 0 Å². The third-order valence-corrected chi connectivity index (χ3v) is 7.96. The second kappa shape index (κ2) is 14.7. The summed E-state index contributed by atoms with van der Waals surface area (Å²) in [6.07, 6.45) is -0.880. The van der Waals surface area contributed by atoms with Gasteiger partial charge in [-0.3, -0.25) is 0 Å². The normalized spacial score (nSPS) is 22.6. The number of rotatable bonds is 14. The van der Waals surface area contributed by atoms with Crippen molar-refractivity contribution in [3.05, 3.63) is 126 Å². The van der Waals surface area contributed by atoms with Crippen molar-refractivity contribution in [2.24, 2.45) is 0 Å². The lowest BCUT2D eigenvalue weighted by Gasteiger charge is -2.44. The number of aromatic nitrogens is 2. The van der Waals surface area contributed by atoms with Crippen LogP contribution in [-0.4, -0.2) is 61.8 Å². The van der Waals surface area contributed by atoms with Crippen LogP contribution in [0.2, 0.25) is 0 Å². The molecule has 10 nitrogen and oxygen atoms in total. The summed E-state index contributed by atoms with van der Waals surface area (Å²) in [5.41, 5.74) is 2.78. The molecule has 0 bridgehead atoms. The first-order chi connectivity index (χ1) is 20.5. The molecule has 1 aromatic heterocycles. The lowest BCUT2D eigenvalue weighted by atomic mass is 9.98. The van der Waals surface area contributed by atoms with E-state index < -0.39 is 41.0 Å². The number of methoxy groups -OCH3 is 1. The van der Waals surface area contributed by atoms with Gasteiger partial charge >= 0.3 is 10.3 Å². The van der Waals surface area contributed by atoms with Crippen LogP contribution < -0.4 is 0 Å². The van der Waals surface area contributed by atoms with Crippen LogP contribution in [0.1, 0.15) is 16.7 Å². The molecule has 1 fully saturated rings. The van der Waals surface area contributed by atoms with Crippen LogP contribution in [0.5, 0.6) is 0 Å². The highest BCUT2D eigenvalue weighted by atomic mass is 32.2. The monoisotopic (exact) mass is 594 g/mol. The molecule has 0 spiro atoms. The van der Waals surface area contributed by atoms with E-state index in [1.165, 1.54) is 19.5 Å². The predicted molar refractivity (Wildman–Crippen MR) is 153 cm³/mol. The molecule has 0 saturated carbocycles. The van der Waals surface area contributed by atoms with E-state index in [1.807, 2.05) is 91.0 Å². The molecular formula is C31H34N2O8S. The zero-order chi connectivity index (χ0) is 29.2. The summed E-state index contributed by atoms with van der Waals surface area (Å²) in [6.45, 7) is 0.698. The van der Waals surface area contributed by atoms with Crippen molar-refractivity contribution in [2.75, 3.05) is 13.7 Å². The maximum Gasteiger partial charge on any atom is 0.367 e. The Balaban J connectivity index is 1.44. The highest BCUT2D eigenvalue weighted by Crippen LogP contribution is 2.32. The summed E-state index contributed by atoms with van der Waals surface area (Å²) in [6, 6.07) is 28.8. The van der Waals surface area contributed by atoms with Crippen LogP contribution in [0.15, 0.2) is 110 Å². The number of imidazole rings is 1. The molecule has 1 aliphatic rings. The van der Waals surface area contributed by atoms with Crippen molar-refractivity contribution in [1.29, 1.82) is 0 Å². The Morgan fingerprint density at radius 2 is 1.31 bits per heavy atom. The van der Waals surface area contributed by atoms with Crippen LogP contribution in [-0.2, 0) is 58.0 Å². The van der Waals surface area contributed by atoms with E-state index in [0.717, 1.165) is 27.0 Å². The quantitative estimate of drug-likeness (QED) is 0.213. The first-order valence-corrected chi connectivity index (χ1v) is 14.9. The van der Waals surface area contributed by atoms with Crippen molar-refractivity contribution in [1.82, 2.24) is 8.96 Å². The molecule has 0 aliphatic carbocycles. The standard InChI is InChI=1S/C31H34N2O8S/c1-36-31-30(39-21-26-15-9-4-10-16-26)29(38-20-25-13-7-3-8-14-25)28(41-42(34,35)33-18-17-32-23-33)27(40-31)22-37-19-24-11-5-2-6-12-24/h2-18,23,27-31H,19-22H2,1H3/t27-,28+,29+,30+,31+/m1/s1. The summed E-state index contributed by atoms with van der Waals surface area (Å²) in [5, 5.41) is 0. The minimum atomic E-state index is -4.32. The van der Waals surface area contributed by atoms with Gasteiger partial charge in [-0.2, -0.15) is 8.42 Å². The fourth-order valence-corrected chi connectivity index (χ4v) is 5.64. The summed E-state index contributed by atoms with van der Waals surface area (Å²) in [7, 11) is -2.81. The van der Waals surface area contributed by atoms with E-state index in [-0.39, 0.29) is 19.8 Å². The molecule has 0 N–H and O–H groups in total. The molecule has 3 aromatic carbocycles. The van der Waals surface area contributed by atoms with Crippen LogP contribution in [0.4, 0.5) is 0 Å². The number of ether oxygens (including phenoxy) is 5. The van der Waals surface area contributed by atoms with E-state index in [4.69, 9.17) is 27.9 Å². The first kappa shape index (κ1) is 30.1. The molecule has 0 unspecified atom stereocenters. The summed E-state index contributed by atoms with van der Waals surface area (Å²) in [4.78, 5) is 3.85. The highest BCUT2D eigenvalue weighted by Gasteiger charge is 2.50. The molecule has 4 aromatic rings. The molecule has 2 heterocycles. The van der Waals surface area contributed by atoms with E-state index in [0.29, 0.717) is 6.61 Å². The number of hydrogen-bond acceptors (Lipinski definition) is 9. The molecule has 1 saturated heterocycles. The van der Waals surface area contributed by atoms with Crippen LogP contribution in [0, 0.1) is 0 Å². The van der Waals surface area contributed by atoms with Gasteiger partial charge in [0.25, 0.3) is 0 Å². The molecule has 1 aliphatic heterocycles. The van der Waals surface area contributed by atoms with Gasteiger partial charge in [-0.1, -0.05) is 91.0 Å². The van der Waals surface area contributed by atoms with E-state index in [1.54, 1.807) is 0 Å². The van der Waals surface area contributed by atoms with Crippen LogP contribution in [0.3, 0.4) is 0 Å².